The molecule has 0 saturated heterocycles. The molecule has 0 saturated carbocycles. The summed E-state index contributed by atoms with van der Waals surface area (Å²) >= 11 is 1.66. The van der Waals surface area contributed by atoms with Crippen LogP contribution in [0.5, 0.6) is 0 Å². The molecular weight excluding hydrogens is 288 g/mol. The third-order valence-electron chi connectivity index (χ3n) is 3.58. The number of hydrogen-bond acceptors (Lipinski definition) is 6. The van der Waals surface area contributed by atoms with Gasteiger partial charge in [0.15, 0.2) is 5.13 Å². The van der Waals surface area contributed by atoms with Gasteiger partial charge in [-0.2, -0.15) is 0 Å². The normalized spacial score (nSPS) is 18.9. The first-order valence-electron chi connectivity index (χ1n) is 7.54. The standard InChI is InChI=1S/C15H24N2O3S/c1-4-20-14(18)11-6-5-7-12-13(11)17-15(21-12)16-8-10(2)9-19-3/h10-11H,4-9H2,1-3H3,(H,16,17). The summed E-state index contributed by atoms with van der Waals surface area (Å²) in [5, 5.41) is 4.26. The Labute approximate surface area is 130 Å². The number of hydrogen-bond donors (Lipinski definition) is 1. The van der Waals surface area contributed by atoms with Crippen LogP contribution in [-0.4, -0.2) is 37.8 Å². The minimum absolute atomic E-state index is 0.136. The molecule has 2 atom stereocenters. The summed E-state index contributed by atoms with van der Waals surface area (Å²) in [5.74, 6) is 0.108. The van der Waals surface area contributed by atoms with E-state index in [9.17, 15) is 4.79 Å². The van der Waals surface area contributed by atoms with Gasteiger partial charge in [0.2, 0.25) is 0 Å². The van der Waals surface area contributed by atoms with Gasteiger partial charge in [-0.1, -0.05) is 6.92 Å². The van der Waals surface area contributed by atoms with Crippen LogP contribution in [0.2, 0.25) is 0 Å². The number of rotatable bonds is 7. The van der Waals surface area contributed by atoms with E-state index in [-0.39, 0.29) is 11.9 Å². The molecule has 0 spiro atoms. The second-order valence-electron chi connectivity index (χ2n) is 5.47. The molecule has 2 unspecified atom stereocenters. The van der Waals surface area contributed by atoms with Crippen molar-refractivity contribution in [3.05, 3.63) is 10.6 Å². The van der Waals surface area contributed by atoms with Crippen LogP contribution in [0.3, 0.4) is 0 Å². The van der Waals surface area contributed by atoms with Gasteiger partial charge in [0.1, 0.15) is 5.92 Å². The minimum atomic E-state index is -0.183. The van der Waals surface area contributed by atoms with Crippen molar-refractivity contribution in [3.63, 3.8) is 0 Å². The van der Waals surface area contributed by atoms with E-state index >= 15 is 0 Å². The quantitative estimate of drug-likeness (QED) is 0.785. The molecule has 118 valence electrons. The van der Waals surface area contributed by atoms with Crippen LogP contribution < -0.4 is 5.32 Å². The lowest BCUT2D eigenvalue weighted by Crippen LogP contribution is -2.20. The van der Waals surface area contributed by atoms with Crippen LogP contribution in [0.15, 0.2) is 0 Å². The molecule has 1 aromatic heterocycles. The molecule has 0 bridgehead atoms. The molecule has 6 heteroatoms. The van der Waals surface area contributed by atoms with Gasteiger partial charge in [-0.05, 0) is 32.1 Å². The number of thiazole rings is 1. The van der Waals surface area contributed by atoms with E-state index < -0.39 is 0 Å². The van der Waals surface area contributed by atoms with E-state index in [0.717, 1.165) is 43.2 Å². The second kappa shape index (κ2) is 7.75. The SMILES string of the molecule is CCOC(=O)C1CCCc2sc(NCC(C)COC)nc21. The summed E-state index contributed by atoms with van der Waals surface area (Å²) in [6.45, 7) is 5.95. The van der Waals surface area contributed by atoms with Crippen molar-refractivity contribution in [1.29, 1.82) is 0 Å². The minimum Gasteiger partial charge on any atom is -0.465 e. The zero-order chi connectivity index (χ0) is 15.2. The van der Waals surface area contributed by atoms with Crippen molar-refractivity contribution < 1.29 is 14.3 Å². The van der Waals surface area contributed by atoms with Crippen molar-refractivity contribution in [1.82, 2.24) is 4.98 Å². The van der Waals surface area contributed by atoms with Gasteiger partial charge in [0.05, 0.1) is 18.9 Å². The highest BCUT2D eigenvalue weighted by Crippen LogP contribution is 2.37. The Morgan fingerprint density at radius 3 is 3.10 bits per heavy atom. The zero-order valence-electron chi connectivity index (χ0n) is 13.0. The molecule has 0 radical (unpaired) electrons. The van der Waals surface area contributed by atoms with Crippen LogP contribution in [-0.2, 0) is 20.7 Å². The maximum absolute atomic E-state index is 12.0. The monoisotopic (exact) mass is 312 g/mol. The Morgan fingerprint density at radius 2 is 2.38 bits per heavy atom. The Kier molecular flexibility index (Phi) is 5.99. The lowest BCUT2D eigenvalue weighted by Gasteiger charge is -2.19. The van der Waals surface area contributed by atoms with Gasteiger partial charge in [0.25, 0.3) is 0 Å². The Morgan fingerprint density at radius 1 is 1.57 bits per heavy atom. The first kappa shape index (κ1) is 16.2. The first-order valence-corrected chi connectivity index (χ1v) is 8.36. The van der Waals surface area contributed by atoms with Gasteiger partial charge in [0, 0.05) is 18.5 Å². The van der Waals surface area contributed by atoms with E-state index in [2.05, 4.69) is 17.2 Å². The van der Waals surface area contributed by atoms with Crippen LogP contribution in [0.1, 0.15) is 43.2 Å². The maximum atomic E-state index is 12.0. The molecule has 21 heavy (non-hydrogen) atoms. The van der Waals surface area contributed by atoms with Gasteiger partial charge < -0.3 is 14.8 Å². The number of carbonyl (C=O) groups excluding carboxylic acids is 1. The molecule has 2 rings (SSSR count). The number of aryl methyl sites for hydroxylation is 1. The summed E-state index contributed by atoms with van der Waals surface area (Å²) in [7, 11) is 1.71. The first-order chi connectivity index (χ1) is 10.2. The van der Waals surface area contributed by atoms with E-state index in [0.29, 0.717) is 12.5 Å². The fraction of sp³-hybridized carbons (Fsp3) is 0.733. The Bertz CT molecular complexity index is 475. The van der Waals surface area contributed by atoms with Crippen LogP contribution in [0.4, 0.5) is 5.13 Å². The molecule has 1 aromatic rings. The topological polar surface area (TPSA) is 60.5 Å². The van der Waals surface area contributed by atoms with Crippen molar-refractivity contribution in [2.75, 3.05) is 32.2 Å². The molecule has 0 amide bonds. The predicted octanol–water partition coefficient (Wildman–Crippen LogP) is 2.82. The van der Waals surface area contributed by atoms with Crippen LogP contribution in [0.25, 0.3) is 0 Å². The lowest BCUT2D eigenvalue weighted by atomic mass is 9.91. The van der Waals surface area contributed by atoms with Crippen LogP contribution in [0, 0.1) is 5.92 Å². The average molecular weight is 312 g/mol. The number of methoxy groups -OCH3 is 1. The van der Waals surface area contributed by atoms with Gasteiger partial charge in [-0.3, -0.25) is 4.79 Å². The van der Waals surface area contributed by atoms with Gasteiger partial charge >= 0.3 is 5.97 Å². The average Bonchev–Trinajstić information content (AvgIpc) is 2.88. The maximum Gasteiger partial charge on any atom is 0.315 e. The molecule has 1 heterocycles. The number of aromatic nitrogens is 1. The van der Waals surface area contributed by atoms with Crippen molar-refractivity contribution in [3.8, 4) is 0 Å². The predicted molar refractivity (Wildman–Crippen MR) is 84.0 cm³/mol. The number of fused-ring (bicyclic) bond motifs is 1. The Balaban J connectivity index is 2.03. The third-order valence-corrected chi connectivity index (χ3v) is 4.67. The lowest BCUT2D eigenvalue weighted by molar-refractivity contribution is -0.145. The summed E-state index contributed by atoms with van der Waals surface area (Å²) in [5.41, 5.74) is 0.923. The van der Waals surface area contributed by atoms with E-state index in [4.69, 9.17) is 9.47 Å². The number of esters is 1. The van der Waals surface area contributed by atoms with Crippen molar-refractivity contribution in [2.45, 2.75) is 39.0 Å². The smallest absolute Gasteiger partial charge is 0.315 e. The number of nitrogens with zero attached hydrogens (tertiary/aromatic N) is 1. The van der Waals surface area contributed by atoms with Crippen LogP contribution >= 0.6 is 11.3 Å². The Hall–Kier alpha value is -1.14. The fourth-order valence-electron chi connectivity index (χ4n) is 2.57. The third kappa shape index (κ3) is 4.17. The number of ether oxygens (including phenoxy) is 2. The highest BCUT2D eigenvalue weighted by molar-refractivity contribution is 7.15. The number of anilines is 1. The highest BCUT2D eigenvalue weighted by atomic mass is 32.1. The van der Waals surface area contributed by atoms with E-state index in [1.54, 1.807) is 18.4 Å². The summed E-state index contributed by atoms with van der Waals surface area (Å²) in [6, 6.07) is 0. The molecule has 1 N–H and O–H groups in total. The van der Waals surface area contributed by atoms with Gasteiger partial charge in [-0.25, -0.2) is 4.98 Å². The van der Waals surface area contributed by atoms with E-state index in [1.165, 1.54) is 4.88 Å². The molecule has 1 aliphatic carbocycles. The molecule has 5 nitrogen and oxygen atoms in total. The fourth-order valence-corrected chi connectivity index (χ4v) is 3.64. The molecule has 0 aliphatic heterocycles. The largest absolute Gasteiger partial charge is 0.465 e. The van der Waals surface area contributed by atoms with Crippen molar-refractivity contribution >= 4 is 22.4 Å². The summed E-state index contributed by atoms with van der Waals surface area (Å²) < 4.78 is 10.3. The number of carbonyl (C=O) groups is 1. The molecular formula is C15H24N2O3S. The second-order valence-corrected chi connectivity index (χ2v) is 6.55. The summed E-state index contributed by atoms with van der Waals surface area (Å²) in [4.78, 5) is 17.9. The molecule has 0 fully saturated rings. The van der Waals surface area contributed by atoms with Crippen molar-refractivity contribution in [2.24, 2.45) is 5.92 Å². The summed E-state index contributed by atoms with van der Waals surface area (Å²) in [6.07, 6.45) is 2.88. The van der Waals surface area contributed by atoms with E-state index in [1.807, 2.05) is 6.92 Å². The number of nitrogens with one attached hydrogen (secondary N) is 1. The molecule has 1 aliphatic rings. The highest BCUT2D eigenvalue weighted by Gasteiger charge is 2.31. The zero-order valence-corrected chi connectivity index (χ0v) is 13.8. The van der Waals surface area contributed by atoms with Gasteiger partial charge in [-0.15, -0.1) is 11.3 Å². The molecule has 0 aromatic carbocycles.